The lowest BCUT2D eigenvalue weighted by molar-refractivity contribution is -0.116. The Morgan fingerprint density at radius 3 is 2.50 bits per heavy atom. The molecule has 7 nitrogen and oxygen atoms in total. The minimum absolute atomic E-state index is 0.0119. The van der Waals surface area contributed by atoms with E-state index in [1.807, 2.05) is 18.2 Å². The Morgan fingerprint density at radius 1 is 1.04 bits per heavy atom. The molecule has 2 aromatic rings. The fourth-order valence-corrected chi connectivity index (χ4v) is 3.26. The summed E-state index contributed by atoms with van der Waals surface area (Å²) in [4.78, 5) is 28.2. The summed E-state index contributed by atoms with van der Waals surface area (Å²) in [6, 6.07) is 10.6. The maximum atomic E-state index is 12.2. The van der Waals surface area contributed by atoms with Crippen LogP contribution in [0.1, 0.15) is 31.2 Å². The maximum Gasteiger partial charge on any atom is 0.319 e. The number of amides is 3. The van der Waals surface area contributed by atoms with Crippen LogP contribution in [0.5, 0.6) is 0 Å². The van der Waals surface area contributed by atoms with Gasteiger partial charge in [0, 0.05) is 36.7 Å². The van der Waals surface area contributed by atoms with Crippen molar-refractivity contribution >= 4 is 23.3 Å². The van der Waals surface area contributed by atoms with Crippen LogP contribution in [-0.4, -0.2) is 30.0 Å². The van der Waals surface area contributed by atoms with Gasteiger partial charge in [-0.2, -0.15) is 0 Å². The molecule has 1 aliphatic heterocycles. The molecule has 0 radical (unpaired) electrons. The van der Waals surface area contributed by atoms with E-state index >= 15 is 0 Å². The number of piperidine rings is 1. The number of aromatic nitrogens is 1. The molecule has 148 valence electrons. The molecule has 0 aliphatic carbocycles. The standard InChI is InChI=1S/C21H27N5O2/c27-20(5-4-16-6-10-22-11-7-16)25-18-2-1-3-19(14-18)26-21(28)24-15-17-8-12-23-13-9-17/h1-3,8-9,12-14,16,22H,4-7,10-11,15H2,(H,25,27)(H2,24,26,28). The summed E-state index contributed by atoms with van der Waals surface area (Å²) in [7, 11) is 0. The summed E-state index contributed by atoms with van der Waals surface area (Å²) in [6.07, 6.45) is 7.10. The van der Waals surface area contributed by atoms with Gasteiger partial charge in [-0.1, -0.05) is 6.07 Å². The average Bonchev–Trinajstić information content (AvgIpc) is 2.72. The van der Waals surface area contributed by atoms with Crippen molar-refractivity contribution in [3.63, 3.8) is 0 Å². The molecule has 4 N–H and O–H groups in total. The molecule has 0 atom stereocenters. The van der Waals surface area contributed by atoms with Crippen LogP contribution in [0.4, 0.5) is 16.2 Å². The zero-order valence-corrected chi connectivity index (χ0v) is 15.9. The third kappa shape index (κ3) is 6.66. The Bertz CT molecular complexity index is 775. The van der Waals surface area contributed by atoms with Gasteiger partial charge in [-0.15, -0.1) is 0 Å². The zero-order valence-electron chi connectivity index (χ0n) is 15.9. The van der Waals surface area contributed by atoms with Crippen molar-refractivity contribution in [2.24, 2.45) is 5.92 Å². The number of urea groups is 1. The maximum absolute atomic E-state index is 12.2. The molecule has 1 aromatic carbocycles. The number of nitrogens with zero attached hydrogens (tertiary/aromatic N) is 1. The van der Waals surface area contributed by atoms with Gasteiger partial charge in [0.1, 0.15) is 0 Å². The van der Waals surface area contributed by atoms with Gasteiger partial charge in [-0.25, -0.2) is 4.79 Å². The molecule has 0 unspecified atom stereocenters. The summed E-state index contributed by atoms with van der Waals surface area (Å²) in [5, 5.41) is 11.8. The van der Waals surface area contributed by atoms with Gasteiger partial charge in [-0.05, 0) is 74.2 Å². The minimum Gasteiger partial charge on any atom is -0.334 e. The molecular weight excluding hydrogens is 354 g/mol. The number of carbonyl (C=O) groups is 2. The van der Waals surface area contributed by atoms with Crippen LogP contribution in [0, 0.1) is 5.92 Å². The first kappa shape index (κ1) is 19.8. The summed E-state index contributed by atoms with van der Waals surface area (Å²) in [5.74, 6) is 0.641. The Kier molecular flexibility index (Phi) is 7.37. The molecule has 2 heterocycles. The van der Waals surface area contributed by atoms with Crippen LogP contribution in [0.15, 0.2) is 48.8 Å². The van der Waals surface area contributed by atoms with Crippen LogP contribution in [-0.2, 0) is 11.3 Å². The highest BCUT2D eigenvalue weighted by Crippen LogP contribution is 2.19. The Morgan fingerprint density at radius 2 is 1.75 bits per heavy atom. The highest BCUT2D eigenvalue weighted by atomic mass is 16.2. The van der Waals surface area contributed by atoms with Gasteiger partial charge in [0.2, 0.25) is 5.91 Å². The first-order valence-corrected chi connectivity index (χ1v) is 9.73. The van der Waals surface area contributed by atoms with E-state index in [1.54, 1.807) is 30.6 Å². The number of hydrogen-bond donors (Lipinski definition) is 4. The lowest BCUT2D eigenvalue weighted by atomic mass is 9.93. The normalized spacial score (nSPS) is 14.3. The highest BCUT2D eigenvalue weighted by molar-refractivity contribution is 5.93. The van der Waals surface area contributed by atoms with Gasteiger partial charge in [0.15, 0.2) is 0 Å². The zero-order chi connectivity index (χ0) is 19.6. The topological polar surface area (TPSA) is 95.2 Å². The van der Waals surface area contributed by atoms with E-state index in [2.05, 4.69) is 26.3 Å². The Labute approximate surface area is 165 Å². The van der Waals surface area contributed by atoms with E-state index in [4.69, 9.17) is 0 Å². The fraction of sp³-hybridized carbons (Fsp3) is 0.381. The molecule has 0 spiro atoms. The monoisotopic (exact) mass is 381 g/mol. The largest absolute Gasteiger partial charge is 0.334 e. The molecule has 0 saturated carbocycles. The summed E-state index contributed by atoms with van der Waals surface area (Å²) < 4.78 is 0. The molecule has 3 rings (SSSR count). The molecule has 0 bridgehead atoms. The second kappa shape index (κ2) is 10.4. The number of nitrogens with one attached hydrogen (secondary N) is 4. The van der Waals surface area contributed by atoms with Gasteiger partial charge >= 0.3 is 6.03 Å². The fourth-order valence-electron chi connectivity index (χ4n) is 3.26. The van der Waals surface area contributed by atoms with Gasteiger partial charge in [-0.3, -0.25) is 9.78 Å². The van der Waals surface area contributed by atoms with Crippen LogP contribution in [0.25, 0.3) is 0 Å². The first-order valence-electron chi connectivity index (χ1n) is 9.73. The van der Waals surface area contributed by atoms with Crippen molar-refractivity contribution in [3.8, 4) is 0 Å². The lowest BCUT2D eigenvalue weighted by Gasteiger charge is -2.22. The third-order valence-electron chi connectivity index (χ3n) is 4.84. The molecule has 7 heteroatoms. The number of rotatable bonds is 7. The van der Waals surface area contributed by atoms with Crippen molar-refractivity contribution < 1.29 is 9.59 Å². The molecule has 1 fully saturated rings. The first-order chi connectivity index (χ1) is 13.7. The number of anilines is 2. The van der Waals surface area contributed by atoms with Crippen molar-refractivity contribution in [3.05, 3.63) is 54.4 Å². The summed E-state index contributed by atoms with van der Waals surface area (Å²) >= 11 is 0. The Hall–Kier alpha value is -2.93. The quantitative estimate of drug-likeness (QED) is 0.593. The summed E-state index contributed by atoms with van der Waals surface area (Å²) in [5.41, 5.74) is 2.28. The van der Waals surface area contributed by atoms with E-state index in [0.717, 1.165) is 37.9 Å². The van der Waals surface area contributed by atoms with Crippen molar-refractivity contribution in [2.45, 2.75) is 32.2 Å². The number of benzene rings is 1. The van der Waals surface area contributed by atoms with Crippen molar-refractivity contribution in [2.75, 3.05) is 23.7 Å². The second-order valence-electron chi connectivity index (χ2n) is 7.02. The van der Waals surface area contributed by atoms with E-state index < -0.39 is 0 Å². The van der Waals surface area contributed by atoms with E-state index in [1.165, 1.54) is 0 Å². The van der Waals surface area contributed by atoms with Crippen LogP contribution < -0.4 is 21.3 Å². The SMILES string of the molecule is O=C(CCC1CCNCC1)Nc1cccc(NC(=O)NCc2ccncc2)c1. The van der Waals surface area contributed by atoms with Crippen LogP contribution in [0.2, 0.25) is 0 Å². The van der Waals surface area contributed by atoms with Crippen molar-refractivity contribution in [1.82, 2.24) is 15.6 Å². The van der Waals surface area contributed by atoms with Crippen molar-refractivity contribution in [1.29, 1.82) is 0 Å². The molecule has 3 amide bonds. The van der Waals surface area contributed by atoms with E-state index in [0.29, 0.717) is 30.3 Å². The van der Waals surface area contributed by atoms with Gasteiger partial charge in [0.25, 0.3) is 0 Å². The molecular formula is C21H27N5O2. The minimum atomic E-state index is -0.300. The van der Waals surface area contributed by atoms with E-state index in [9.17, 15) is 9.59 Å². The molecule has 1 aromatic heterocycles. The smallest absolute Gasteiger partial charge is 0.319 e. The summed E-state index contributed by atoms with van der Waals surface area (Å²) in [6.45, 7) is 2.51. The number of pyridine rings is 1. The number of hydrogen-bond acceptors (Lipinski definition) is 4. The molecule has 1 saturated heterocycles. The molecule has 1 aliphatic rings. The lowest BCUT2D eigenvalue weighted by Crippen LogP contribution is -2.28. The highest BCUT2D eigenvalue weighted by Gasteiger charge is 2.14. The van der Waals surface area contributed by atoms with E-state index in [-0.39, 0.29) is 11.9 Å². The number of carbonyl (C=O) groups excluding carboxylic acids is 2. The predicted octanol–water partition coefficient (Wildman–Crippen LogP) is 3.12. The van der Waals surface area contributed by atoms with Crippen LogP contribution >= 0.6 is 0 Å². The van der Waals surface area contributed by atoms with Gasteiger partial charge < -0.3 is 21.3 Å². The van der Waals surface area contributed by atoms with Crippen LogP contribution in [0.3, 0.4) is 0 Å². The second-order valence-corrected chi connectivity index (χ2v) is 7.02. The third-order valence-corrected chi connectivity index (χ3v) is 4.84. The van der Waals surface area contributed by atoms with Gasteiger partial charge in [0.05, 0.1) is 0 Å². The molecule has 28 heavy (non-hydrogen) atoms. The Balaban J connectivity index is 1.43. The average molecular weight is 381 g/mol. The predicted molar refractivity (Wildman–Crippen MR) is 110 cm³/mol.